The van der Waals surface area contributed by atoms with Gasteiger partial charge in [0.05, 0.1) is 22.7 Å². The van der Waals surface area contributed by atoms with E-state index in [1.54, 1.807) is 44.4 Å². The van der Waals surface area contributed by atoms with Gasteiger partial charge in [0.1, 0.15) is 17.3 Å². The number of hydrogen-bond acceptors (Lipinski definition) is 7. The van der Waals surface area contributed by atoms with Gasteiger partial charge in [0, 0.05) is 0 Å². The average Bonchev–Trinajstić information content (AvgIpc) is 3.09. The molecule has 2 aromatic carbocycles. The van der Waals surface area contributed by atoms with Gasteiger partial charge in [-0.05, 0) is 37.3 Å². The van der Waals surface area contributed by atoms with Gasteiger partial charge in [-0.15, -0.1) is 5.10 Å². The zero-order valence-corrected chi connectivity index (χ0v) is 15.4. The number of nitrogens with zero attached hydrogens (tertiary/aromatic N) is 4. The molecule has 4 aromatic rings. The number of anilines is 1. The molecule has 2 aromatic heterocycles. The molecule has 136 valence electrons. The van der Waals surface area contributed by atoms with Gasteiger partial charge in [0.2, 0.25) is 0 Å². The molecule has 0 saturated heterocycles. The second-order valence-corrected chi connectivity index (χ2v) is 6.90. The lowest BCUT2D eigenvalue weighted by atomic mass is 10.2. The highest BCUT2D eigenvalue weighted by Gasteiger charge is 2.20. The molecule has 1 N–H and O–H groups in total. The van der Waals surface area contributed by atoms with Crippen molar-refractivity contribution in [1.82, 2.24) is 20.0 Å². The predicted molar refractivity (Wildman–Crippen MR) is 103 cm³/mol. The van der Waals surface area contributed by atoms with Crippen LogP contribution in [0.1, 0.15) is 13.0 Å². The lowest BCUT2D eigenvalue weighted by Gasteiger charge is -2.12. The monoisotopic (exact) mass is 381 g/mol. The van der Waals surface area contributed by atoms with Crippen LogP contribution in [0.15, 0.2) is 47.3 Å². The molecule has 0 unspecified atom stereocenters. The fraction of sp³-hybridized carbons (Fsp3) is 0.167. The van der Waals surface area contributed by atoms with Gasteiger partial charge in [0.15, 0.2) is 5.13 Å². The number of benzene rings is 2. The zero-order chi connectivity index (χ0) is 19.0. The number of nitrogens with one attached hydrogen (secondary N) is 1. The maximum atomic E-state index is 12.6. The summed E-state index contributed by atoms with van der Waals surface area (Å²) in [7, 11) is 1.59. The van der Waals surface area contributed by atoms with Crippen molar-refractivity contribution < 1.29 is 9.53 Å². The van der Waals surface area contributed by atoms with Crippen molar-refractivity contribution in [2.45, 2.75) is 13.0 Å². The molecule has 0 aliphatic carbocycles. The van der Waals surface area contributed by atoms with Gasteiger partial charge in [-0.25, -0.2) is 4.98 Å². The molecule has 0 saturated carbocycles. The Balaban J connectivity index is 1.61. The van der Waals surface area contributed by atoms with Crippen LogP contribution < -0.4 is 15.6 Å². The van der Waals surface area contributed by atoms with Crippen molar-refractivity contribution in [3.05, 3.63) is 52.8 Å². The number of carbonyl (C=O) groups is 1. The van der Waals surface area contributed by atoms with Crippen molar-refractivity contribution in [2.75, 3.05) is 12.4 Å². The molecule has 2 heterocycles. The Bertz CT molecular complexity index is 1220. The molecule has 0 fully saturated rings. The maximum Gasteiger partial charge on any atom is 0.278 e. The first-order valence-electron chi connectivity index (χ1n) is 8.16. The summed E-state index contributed by atoms with van der Waals surface area (Å²) in [6.07, 6.45) is 0. The van der Waals surface area contributed by atoms with Gasteiger partial charge in [-0.2, -0.15) is 4.68 Å². The normalized spacial score (nSPS) is 12.2. The number of carbonyl (C=O) groups excluding carboxylic acids is 1. The minimum Gasteiger partial charge on any atom is -0.497 e. The van der Waals surface area contributed by atoms with E-state index in [2.05, 4.69) is 20.6 Å². The van der Waals surface area contributed by atoms with Gasteiger partial charge >= 0.3 is 0 Å². The number of amides is 1. The van der Waals surface area contributed by atoms with Crippen molar-refractivity contribution in [3.8, 4) is 5.75 Å². The fourth-order valence-corrected chi connectivity index (χ4v) is 3.56. The molecular weight excluding hydrogens is 366 g/mol. The zero-order valence-electron chi connectivity index (χ0n) is 14.5. The second-order valence-electron chi connectivity index (χ2n) is 5.87. The molecule has 0 aliphatic heterocycles. The van der Waals surface area contributed by atoms with Crippen LogP contribution in [0.5, 0.6) is 5.75 Å². The number of ether oxygens (including phenoxy) is 1. The third-order valence-electron chi connectivity index (χ3n) is 4.16. The minimum absolute atomic E-state index is 0.364. The summed E-state index contributed by atoms with van der Waals surface area (Å²) in [6.45, 7) is 1.59. The summed E-state index contributed by atoms with van der Waals surface area (Å²) < 4.78 is 7.16. The van der Waals surface area contributed by atoms with Gasteiger partial charge < -0.3 is 10.1 Å². The molecule has 4 rings (SSSR count). The van der Waals surface area contributed by atoms with Crippen molar-refractivity contribution in [2.24, 2.45) is 0 Å². The van der Waals surface area contributed by atoms with Crippen LogP contribution in [0, 0.1) is 0 Å². The first-order valence-corrected chi connectivity index (χ1v) is 8.98. The quantitative estimate of drug-likeness (QED) is 0.583. The minimum atomic E-state index is -0.837. The van der Waals surface area contributed by atoms with Crippen LogP contribution in [0.4, 0.5) is 5.13 Å². The molecule has 0 bridgehead atoms. The lowest BCUT2D eigenvalue weighted by molar-refractivity contribution is -0.119. The predicted octanol–water partition coefficient (Wildman–Crippen LogP) is 2.61. The van der Waals surface area contributed by atoms with E-state index in [4.69, 9.17) is 4.74 Å². The van der Waals surface area contributed by atoms with E-state index >= 15 is 0 Å². The summed E-state index contributed by atoms with van der Waals surface area (Å²) >= 11 is 1.33. The standard InChI is InChI=1S/C18H15N5O3S/c1-10(23-17(25)12-5-3-4-6-13(12)21-22-23)16(24)20-18-19-14-8-7-11(26-2)9-15(14)27-18/h3-10H,1-2H3,(H,19,20,24)/t10-/m1/s1. The van der Waals surface area contributed by atoms with E-state index in [0.29, 0.717) is 16.0 Å². The number of fused-ring (bicyclic) bond motifs is 2. The first kappa shape index (κ1) is 17.1. The third-order valence-corrected chi connectivity index (χ3v) is 5.10. The highest BCUT2D eigenvalue weighted by molar-refractivity contribution is 7.22. The van der Waals surface area contributed by atoms with E-state index in [0.717, 1.165) is 20.6 Å². The summed E-state index contributed by atoms with van der Waals surface area (Å²) in [5.74, 6) is 0.322. The van der Waals surface area contributed by atoms with Crippen LogP contribution in [0.25, 0.3) is 21.1 Å². The lowest BCUT2D eigenvalue weighted by Crippen LogP contribution is -2.34. The van der Waals surface area contributed by atoms with E-state index < -0.39 is 11.9 Å². The molecule has 8 nitrogen and oxygen atoms in total. The van der Waals surface area contributed by atoms with E-state index in [1.807, 2.05) is 12.1 Å². The number of methoxy groups -OCH3 is 1. The number of rotatable bonds is 4. The first-order chi connectivity index (χ1) is 13.1. The Kier molecular flexibility index (Phi) is 4.28. The molecule has 9 heteroatoms. The Hall–Kier alpha value is -3.33. The summed E-state index contributed by atoms with van der Waals surface area (Å²) in [5, 5.41) is 11.5. The molecular formula is C18H15N5O3S. The number of aromatic nitrogens is 4. The Morgan fingerprint density at radius 1 is 1.22 bits per heavy atom. The van der Waals surface area contributed by atoms with Crippen molar-refractivity contribution in [3.63, 3.8) is 0 Å². The van der Waals surface area contributed by atoms with Gasteiger partial charge in [-0.1, -0.05) is 28.7 Å². The number of thiazole rings is 1. The van der Waals surface area contributed by atoms with Crippen LogP contribution >= 0.6 is 11.3 Å². The highest BCUT2D eigenvalue weighted by atomic mass is 32.1. The number of hydrogen-bond donors (Lipinski definition) is 1. The van der Waals surface area contributed by atoms with Crippen LogP contribution in [0.2, 0.25) is 0 Å². The Labute approximate surface area is 157 Å². The Morgan fingerprint density at radius 2 is 2.04 bits per heavy atom. The van der Waals surface area contributed by atoms with Gasteiger partial charge in [-0.3, -0.25) is 9.59 Å². The summed E-state index contributed by atoms with van der Waals surface area (Å²) in [6, 6.07) is 11.5. The maximum absolute atomic E-state index is 12.6. The van der Waals surface area contributed by atoms with Crippen molar-refractivity contribution in [1.29, 1.82) is 0 Å². The Morgan fingerprint density at radius 3 is 2.85 bits per heavy atom. The molecule has 0 aliphatic rings. The second kappa shape index (κ2) is 6.76. The topological polar surface area (TPSA) is 99.0 Å². The molecule has 0 radical (unpaired) electrons. The van der Waals surface area contributed by atoms with Crippen LogP contribution in [-0.4, -0.2) is 33.0 Å². The van der Waals surface area contributed by atoms with E-state index in [9.17, 15) is 9.59 Å². The van der Waals surface area contributed by atoms with Crippen LogP contribution in [-0.2, 0) is 4.79 Å². The van der Waals surface area contributed by atoms with Crippen LogP contribution in [0.3, 0.4) is 0 Å². The third kappa shape index (κ3) is 3.13. The average molecular weight is 381 g/mol. The molecule has 1 atom stereocenters. The SMILES string of the molecule is COc1ccc2nc(NC(=O)[C@@H](C)n3nnc4ccccc4c3=O)sc2c1. The van der Waals surface area contributed by atoms with Crippen molar-refractivity contribution >= 4 is 43.5 Å². The van der Waals surface area contributed by atoms with E-state index in [1.165, 1.54) is 11.3 Å². The van der Waals surface area contributed by atoms with Gasteiger partial charge in [0.25, 0.3) is 11.5 Å². The van der Waals surface area contributed by atoms with E-state index in [-0.39, 0.29) is 5.56 Å². The summed E-state index contributed by atoms with van der Waals surface area (Å²) in [5.41, 5.74) is 0.884. The molecule has 1 amide bonds. The largest absolute Gasteiger partial charge is 0.497 e. The summed E-state index contributed by atoms with van der Waals surface area (Å²) in [4.78, 5) is 29.6. The smallest absolute Gasteiger partial charge is 0.278 e. The molecule has 27 heavy (non-hydrogen) atoms. The fourth-order valence-electron chi connectivity index (χ4n) is 2.66. The highest BCUT2D eigenvalue weighted by Crippen LogP contribution is 2.29. The molecule has 0 spiro atoms.